The molecule has 0 heterocycles. The lowest BCUT2D eigenvalue weighted by Crippen LogP contribution is -2.27. The van der Waals surface area contributed by atoms with Gasteiger partial charge in [-0.05, 0) is 42.2 Å². The van der Waals surface area contributed by atoms with Gasteiger partial charge in [0, 0.05) is 16.1 Å². The molecule has 2 aromatic rings. The van der Waals surface area contributed by atoms with Gasteiger partial charge in [0.05, 0.1) is 4.90 Å². The van der Waals surface area contributed by atoms with Crippen molar-refractivity contribution in [1.82, 2.24) is 4.72 Å². The zero-order valence-electron chi connectivity index (χ0n) is 11.0. The number of hydrogen-bond acceptors (Lipinski definition) is 2. The van der Waals surface area contributed by atoms with Crippen LogP contribution in [0.5, 0.6) is 0 Å². The summed E-state index contributed by atoms with van der Waals surface area (Å²) in [6, 6.07) is 12.0. The van der Waals surface area contributed by atoms with E-state index in [1.165, 1.54) is 23.8 Å². The molecule has 2 aromatic carbocycles. The minimum atomic E-state index is -3.65. The summed E-state index contributed by atoms with van der Waals surface area (Å²) in [5, 5.41) is 0.601. The molecule has 1 atom stereocenters. The molecule has 6 heteroatoms. The van der Waals surface area contributed by atoms with Gasteiger partial charge in [-0.15, -0.1) is 0 Å². The standard InChI is InChI=1S/C15H13Cl2NO2S/c16-11-7-12(17)9-13(8-11)21(19,20)18-15-6-5-10-3-1-2-4-14(10)15/h1-4,7-9,15,18H,5-6H2. The van der Waals surface area contributed by atoms with Crippen molar-refractivity contribution >= 4 is 33.2 Å². The van der Waals surface area contributed by atoms with E-state index in [1.807, 2.05) is 24.3 Å². The molecular weight excluding hydrogens is 329 g/mol. The van der Waals surface area contributed by atoms with Gasteiger partial charge in [0.15, 0.2) is 0 Å². The maximum Gasteiger partial charge on any atom is 0.241 e. The van der Waals surface area contributed by atoms with Crippen molar-refractivity contribution in [2.45, 2.75) is 23.8 Å². The monoisotopic (exact) mass is 341 g/mol. The van der Waals surface area contributed by atoms with Crippen molar-refractivity contribution < 1.29 is 8.42 Å². The number of halogens is 2. The SMILES string of the molecule is O=S(=O)(NC1CCc2ccccc21)c1cc(Cl)cc(Cl)c1. The molecule has 0 spiro atoms. The van der Waals surface area contributed by atoms with E-state index in [-0.39, 0.29) is 10.9 Å². The fourth-order valence-corrected chi connectivity index (χ4v) is 4.59. The van der Waals surface area contributed by atoms with Gasteiger partial charge in [0.25, 0.3) is 0 Å². The van der Waals surface area contributed by atoms with E-state index in [4.69, 9.17) is 23.2 Å². The number of sulfonamides is 1. The average molecular weight is 342 g/mol. The molecule has 110 valence electrons. The van der Waals surface area contributed by atoms with Gasteiger partial charge >= 0.3 is 0 Å². The molecule has 3 nitrogen and oxygen atoms in total. The first-order valence-electron chi connectivity index (χ1n) is 6.52. The highest BCUT2D eigenvalue weighted by atomic mass is 35.5. The van der Waals surface area contributed by atoms with Gasteiger partial charge < -0.3 is 0 Å². The van der Waals surface area contributed by atoms with E-state index in [1.54, 1.807) is 0 Å². The van der Waals surface area contributed by atoms with E-state index in [0.29, 0.717) is 10.0 Å². The fraction of sp³-hybridized carbons (Fsp3) is 0.200. The van der Waals surface area contributed by atoms with Crippen LogP contribution in [0.25, 0.3) is 0 Å². The van der Waals surface area contributed by atoms with Crippen LogP contribution in [-0.2, 0) is 16.4 Å². The van der Waals surface area contributed by atoms with Crippen LogP contribution in [0.2, 0.25) is 10.0 Å². The Morgan fingerprint density at radius 2 is 1.71 bits per heavy atom. The summed E-state index contributed by atoms with van der Waals surface area (Å²) in [6.45, 7) is 0. The summed E-state index contributed by atoms with van der Waals surface area (Å²) in [5.74, 6) is 0. The van der Waals surface area contributed by atoms with Crippen LogP contribution in [-0.4, -0.2) is 8.42 Å². The third-order valence-corrected chi connectivity index (χ3v) is 5.46. The largest absolute Gasteiger partial charge is 0.241 e. The van der Waals surface area contributed by atoms with Crippen LogP contribution in [0.15, 0.2) is 47.4 Å². The maximum absolute atomic E-state index is 12.5. The van der Waals surface area contributed by atoms with Crippen molar-refractivity contribution in [2.24, 2.45) is 0 Å². The van der Waals surface area contributed by atoms with Crippen LogP contribution < -0.4 is 4.72 Å². The molecule has 0 fully saturated rings. The minimum absolute atomic E-state index is 0.0874. The molecule has 1 aliphatic rings. The Morgan fingerprint density at radius 3 is 2.43 bits per heavy atom. The van der Waals surface area contributed by atoms with Gasteiger partial charge in [-0.2, -0.15) is 0 Å². The molecule has 1 unspecified atom stereocenters. The zero-order chi connectivity index (χ0) is 15.0. The summed E-state index contributed by atoms with van der Waals surface area (Å²) in [4.78, 5) is 0.0874. The molecule has 1 aliphatic carbocycles. The maximum atomic E-state index is 12.5. The summed E-state index contributed by atoms with van der Waals surface area (Å²) in [6.07, 6.45) is 1.63. The summed E-state index contributed by atoms with van der Waals surface area (Å²) < 4.78 is 27.7. The van der Waals surface area contributed by atoms with E-state index in [9.17, 15) is 8.42 Å². The molecule has 3 rings (SSSR count). The minimum Gasteiger partial charge on any atom is -0.207 e. The van der Waals surface area contributed by atoms with Gasteiger partial charge in [-0.1, -0.05) is 47.5 Å². The molecule has 0 saturated carbocycles. The zero-order valence-corrected chi connectivity index (χ0v) is 13.3. The highest BCUT2D eigenvalue weighted by molar-refractivity contribution is 7.89. The van der Waals surface area contributed by atoms with Crippen LogP contribution >= 0.6 is 23.2 Å². The molecule has 21 heavy (non-hydrogen) atoms. The van der Waals surface area contributed by atoms with E-state index < -0.39 is 10.0 Å². The smallest absolute Gasteiger partial charge is 0.207 e. The number of aryl methyl sites for hydroxylation is 1. The lowest BCUT2D eigenvalue weighted by atomic mass is 10.1. The quantitative estimate of drug-likeness (QED) is 0.918. The van der Waals surface area contributed by atoms with Crippen LogP contribution in [0, 0.1) is 0 Å². The molecule has 0 aromatic heterocycles. The number of nitrogens with one attached hydrogen (secondary N) is 1. The average Bonchev–Trinajstić information content (AvgIpc) is 2.81. The topological polar surface area (TPSA) is 46.2 Å². The molecule has 1 N–H and O–H groups in total. The lowest BCUT2D eigenvalue weighted by molar-refractivity contribution is 0.554. The second kappa shape index (κ2) is 5.61. The molecule has 0 bridgehead atoms. The van der Waals surface area contributed by atoms with Gasteiger partial charge in [0.2, 0.25) is 10.0 Å². The molecular formula is C15H13Cl2NO2S. The highest BCUT2D eigenvalue weighted by Gasteiger charge is 2.27. The fourth-order valence-electron chi connectivity index (χ4n) is 2.62. The Bertz CT molecular complexity index is 770. The Labute approximate surface area is 133 Å². The normalized spacial score (nSPS) is 17.7. The molecule has 0 amide bonds. The highest BCUT2D eigenvalue weighted by Crippen LogP contribution is 2.32. The first-order valence-corrected chi connectivity index (χ1v) is 8.76. The Balaban J connectivity index is 1.91. The third kappa shape index (κ3) is 3.09. The molecule has 0 aliphatic heterocycles. The Hall–Kier alpha value is -1.07. The Morgan fingerprint density at radius 1 is 1.05 bits per heavy atom. The summed E-state index contributed by atoms with van der Waals surface area (Å²) in [7, 11) is -3.65. The predicted octanol–water partition coefficient (Wildman–Crippen LogP) is 3.96. The first-order chi connectivity index (χ1) is 9.95. The second-order valence-electron chi connectivity index (χ2n) is 5.02. The number of rotatable bonds is 3. The lowest BCUT2D eigenvalue weighted by Gasteiger charge is -2.15. The van der Waals surface area contributed by atoms with Crippen molar-refractivity contribution in [3.05, 3.63) is 63.6 Å². The summed E-state index contributed by atoms with van der Waals surface area (Å²) >= 11 is 11.8. The number of benzene rings is 2. The van der Waals surface area contributed by atoms with Crippen molar-refractivity contribution in [1.29, 1.82) is 0 Å². The summed E-state index contributed by atoms with van der Waals surface area (Å²) in [5.41, 5.74) is 2.23. The predicted molar refractivity (Wildman–Crippen MR) is 84.3 cm³/mol. The molecule has 0 saturated heterocycles. The third-order valence-electron chi connectivity index (χ3n) is 3.58. The number of fused-ring (bicyclic) bond motifs is 1. The Kier molecular flexibility index (Phi) is 3.97. The van der Waals surface area contributed by atoms with Crippen molar-refractivity contribution in [3.63, 3.8) is 0 Å². The molecule has 0 radical (unpaired) electrons. The van der Waals surface area contributed by atoms with Crippen molar-refractivity contribution in [3.8, 4) is 0 Å². The number of hydrogen-bond donors (Lipinski definition) is 1. The first kappa shape index (κ1) is 14.9. The van der Waals surface area contributed by atoms with Crippen LogP contribution in [0.4, 0.5) is 0 Å². The van der Waals surface area contributed by atoms with Crippen LogP contribution in [0.1, 0.15) is 23.6 Å². The van der Waals surface area contributed by atoms with E-state index in [0.717, 1.165) is 18.4 Å². The van der Waals surface area contributed by atoms with Gasteiger partial charge in [0.1, 0.15) is 0 Å². The van der Waals surface area contributed by atoms with Gasteiger partial charge in [-0.3, -0.25) is 0 Å². The van der Waals surface area contributed by atoms with Gasteiger partial charge in [-0.25, -0.2) is 13.1 Å². The van der Waals surface area contributed by atoms with Crippen LogP contribution in [0.3, 0.4) is 0 Å². The van der Waals surface area contributed by atoms with E-state index in [2.05, 4.69) is 4.72 Å². The van der Waals surface area contributed by atoms with E-state index >= 15 is 0 Å². The second-order valence-corrected chi connectivity index (χ2v) is 7.60. The van der Waals surface area contributed by atoms with Crippen molar-refractivity contribution in [2.75, 3.05) is 0 Å².